The summed E-state index contributed by atoms with van der Waals surface area (Å²) in [4.78, 5) is 9.90. The monoisotopic (exact) mass is 186 g/mol. The average Bonchev–Trinajstić information content (AvgIpc) is 2.10. The van der Waals surface area contributed by atoms with E-state index in [0.29, 0.717) is 6.54 Å². The van der Waals surface area contributed by atoms with Gasteiger partial charge in [0.15, 0.2) is 5.96 Å². The zero-order chi connectivity index (χ0) is 10.1. The number of nitrogens with one attached hydrogen (secondary N) is 2. The summed E-state index contributed by atoms with van der Waals surface area (Å²) >= 11 is 0. The van der Waals surface area contributed by atoms with E-state index < -0.39 is 0 Å². The summed E-state index contributed by atoms with van der Waals surface area (Å²) in [5.41, 5.74) is 5.08. The number of ether oxygens (including phenoxy) is 1. The largest absolute Gasteiger partial charge is 0.454 e. The third kappa shape index (κ3) is 7.11. The molecular formula is C8H16N3O2. The molecule has 75 valence electrons. The van der Waals surface area contributed by atoms with Gasteiger partial charge >= 0.3 is 6.47 Å². The van der Waals surface area contributed by atoms with Crippen molar-refractivity contribution in [2.45, 2.75) is 32.3 Å². The Morgan fingerprint density at radius 3 is 2.92 bits per heavy atom. The Labute approximate surface area is 78.1 Å². The molecule has 5 nitrogen and oxygen atoms in total. The minimum Gasteiger partial charge on any atom is -0.454 e. The lowest BCUT2D eigenvalue weighted by molar-refractivity contribution is 0.161. The van der Waals surface area contributed by atoms with Gasteiger partial charge in [0.25, 0.3) is 0 Å². The molecule has 0 aromatic rings. The van der Waals surface area contributed by atoms with Gasteiger partial charge in [0.05, 0.1) is 0 Å². The lowest BCUT2D eigenvalue weighted by Crippen LogP contribution is -2.31. The predicted octanol–water partition coefficient (Wildman–Crippen LogP) is 0.112. The molecule has 0 saturated carbocycles. The van der Waals surface area contributed by atoms with Crippen molar-refractivity contribution in [3.63, 3.8) is 0 Å². The second-order valence-electron chi connectivity index (χ2n) is 2.71. The third-order valence-corrected chi connectivity index (χ3v) is 1.69. The van der Waals surface area contributed by atoms with Crippen molar-refractivity contribution >= 4 is 12.4 Å². The van der Waals surface area contributed by atoms with Crippen molar-refractivity contribution in [3.8, 4) is 0 Å². The van der Waals surface area contributed by atoms with Crippen LogP contribution in [0.1, 0.15) is 26.2 Å². The van der Waals surface area contributed by atoms with Crippen LogP contribution >= 0.6 is 0 Å². The molecular weight excluding hydrogens is 170 g/mol. The molecule has 0 aliphatic rings. The van der Waals surface area contributed by atoms with Crippen molar-refractivity contribution < 1.29 is 9.53 Å². The Morgan fingerprint density at radius 2 is 2.46 bits per heavy atom. The molecule has 13 heavy (non-hydrogen) atoms. The van der Waals surface area contributed by atoms with Gasteiger partial charge in [-0.05, 0) is 19.3 Å². The van der Waals surface area contributed by atoms with Crippen molar-refractivity contribution in [2.75, 3.05) is 6.54 Å². The number of hydrogen-bond acceptors (Lipinski definition) is 3. The van der Waals surface area contributed by atoms with Crippen LogP contribution in [0, 0.1) is 5.41 Å². The van der Waals surface area contributed by atoms with Crippen LogP contribution in [0.4, 0.5) is 0 Å². The Kier molecular flexibility index (Phi) is 6.68. The minimum absolute atomic E-state index is 0.0316. The SMILES string of the molecule is CCC(CCCNC(=N)N)O[C]=O. The Balaban J connectivity index is 3.37. The van der Waals surface area contributed by atoms with E-state index >= 15 is 0 Å². The minimum atomic E-state index is -0.0636. The molecule has 0 fully saturated rings. The molecule has 0 heterocycles. The number of guanidine groups is 1. The Bertz CT molecular complexity index is 161. The Morgan fingerprint density at radius 1 is 1.77 bits per heavy atom. The third-order valence-electron chi connectivity index (χ3n) is 1.69. The highest BCUT2D eigenvalue weighted by molar-refractivity contribution is 5.74. The predicted molar refractivity (Wildman–Crippen MR) is 50.0 cm³/mol. The van der Waals surface area contributed by atoms with E-state index in [0.717, 1.165) is 19.3 Å². The van der Waals surface area contributed by atoms with Crippen molar-refractivity contribution in [1.82, 2.24) is 5.32 Å². The summed E-state index contributed by atoms with van der Waals surface area (Å²) in [7, 11) is 0. The first-order chi connectivity index (χ1) is 6.20. The molecule has 5 heteroatoms. The lowest BCUT2D eigenvalue weighted by atomic mass is 10.1. The molecule has 1 unspecified atom stereocenters. The highest BCUT2D eigenvalue weighted by atomic mass is 16.5. The molecule has 0 bridgehead atoms. The van der Waals surface area contributed by atoms with E-state index in [2.05, 4.69) is 10.1 Å². The molecule has 0 amide bonds. The molecule has 1 radical (unpaired) electrons. The summed E-state index contributed by atoms with van der Waals surface area (Å²) in [6.45, 7) is 4.01. The smallest absolute Gasteiger partial charge is 0.417 e. The van der Waals surface area contributed by atoms with Gasteiger partial charge in [-0.25, -0.2) is 4.79 Å². The van der Waals surface area contributed by atoms with Crippen LogP contribution < -0.4 is 11.1 Å². The van der Waals surface area contributed by atoms with E-state index in [1.807, 2.05) is 6.92 Å². The fraction of sp³-hybridized carbons (Fsp3) is 0.750. The van der Waals surface area contributed by atoms with E-state index in [1.54, 1.807) is 0 Å². The highest BCUT2D eigenvalue weighted by Gasteiger charge is 2.05. The molecule has 4 N–H and O–H groups in total. The summed E-state index contributed by atoms with van der Waals surface area (Å²) in [5.74, 6) is -0.0316. The van der Waals surface area contributed by atoms with Crippen LogP contribution in [-0.4, -0.2) is 25.1 Å². The van der Waals surface area contributed by atoms with Gasteiger partial charge in [-0.3, -0.25) is 5.41 Å². The molecule has 0 aromatic heterocycles. The van der Waals surface area contributed by atoms with Crippen LogP contribution in [0.15, 0.2) is 0 Å². The van der Waals surface area contributed by atoms with Gasteiger partial charge in [-0.15, -0.1) is 0 Å². The summed E-state index contributed by atoms with van der Waals surface area (Å²) in [5, 5.41) is 9.55. The summed E-state index contributed by atoms with van der Waals surface area (Å²) in [6.07, 6.45) is 2.31. The summed E-state index contributed by atoms with van der Waals surface area (Å²) < 4.78 is 4.68. The van der Waals surface area contributed by atoms with Gasteiger partial charge in [-0.2, -0.15) is 0 Å². The van der Waals surface area contributed by atoms with Gasteiger partial charge in [0, 0.05) is 6.54 Å². The van der Waals surface area contributed by atoms with Crippen LogP contribution in [0.5, 0.6) is 0 Å². The van der Waals surface area contributed by atoms with Crippen LogP contribution in [0.25, 0.3) is 0 Å². The number of hydrogen-bond donors (Lipinski definition) is 3. The maximum atomic E-state index is 9.90. The van der Waals surface area contributed by atoms with Crippen molar-refractivity contribution in [2.24, 2.45) is 5.73 Å². The first-order valence-corrected chi connectivity index (χ1v) is 4.31. The molecule has 1 atom stereocenters. The maximum Gasteiger partial charge on any atom is 0.417 e. The number of nitrogens with two attached hydrogens (primary N) is 1. The quantitative estimate of drug-likeness (QED) is 0.299. The zero-order valence-corrected chi connectivity index (χ0v) is 7.80. The molecule has 0 aliphatic carbocycles. The standard InChI is InChI=1S/C8H16N3O2/c1-2-7(13-6-12)4-3-5-11-8(9)10/h7H,2-5H2,1H3,(H4,9,10,11). The van der Waals surface area contributed by atoms with Gasteiger partial charge in [0.2, 0.25) is 0 Å². The van der Waals surface area contributed by atoms with E-state index in [9.17, 15) is 4.79 Å². The molecule has 0 rings (SSSR count). The molecule has 0 aliphatic heterocycles. The molecule has 0 aromatic carbocycles. The topological polar surface area (TPSA) is 88.2 Å². The summed E-state index contributed by atoms with van der Waals surface area (Å²) in [6, 6.07) is 0. The second kappa shape index (κ2) is 7.39. The van der Waals surface area contributed by atoms with E-state index in [-0.39, 0.29) is 12.1 Å². The van der Waals surface area contributed by atoms with Crippen LogP contribution in [-0.2, 0) is 9.53 Å². The van der Waals surface area contributed by atoms with E-state index in [4.69, 9.17) is 11.1 Å². The first kappa shape index (κ1) is 11.7. The molecule has 0 spiro atoms. The lowest BCUT2D eigenvalue weighted by Gasteiger charge is -2.11. The maximum absolute atomic E-state index is 9.90. The fourth-order valence-corrected chi connectivity index (χ4v) is 0.967. The Hall–Kier alpha value is -1.26. The van der Waals surface area contributed by atoms with Crippen molar-refractivity contribution in [3.05, 3.63) is 0 Å². The second-order valence-corrected chi connectivity index (χ2v) is 2.71. The zero-order valence-electron chi connectivity index (χ0n) is 7.80. The average molecular weight is 186 g/mol. The van der Waals surface area contributed by atoms with Crippen LogP contribution in [0.3, 0.4) is 0 Å². The van der Waals surface area contributed by atoms with Crippen LogP contribution in [0.2, 0.25) is 0 Å². The fourth-order valence-electron chi connectivity index (χ4n) is 0.967. The number of carbonyl (C=O) groups excluding carboxylic acids is 1. The van der Waals surface area contributed by atoms with Crippen molar-refractivity contribution in [1.29, 1.82) is 5.41 Å². The van der Waals surface area contributed by atoms with Gasteiger partial charge in [0.1, 0.15) is 6.10 Å². The highest BCUT2D eigenvalue weighted by Crippen LogP contribution is 2.04. The van der Waals surface area contributed by atoms with Gasteiger partial charge in [-0.1, -0.05) is 6.92 Å². The number of rotatable bonds is 7. The van der Waals surface area contributed by atoms with Gasteiger partial charge < -0.3 is 15.8 Å². The molecule has 0 saturated heterocycles. The van der Waals surface area contributed by atoms with E-state index in [1.165, 1.54) is 6.47 Å². The first-order valence-electron chi connectivity index (χ1n) is 4.31. The normalized spacial score (nSPS) is 11.8.